The number of hydrogen-bond acceptors (Lipinski definition) is 6. The first-order chi connectivity index (χ1) is 13.5. The molecule has 1 fully saturated rings. The maximum Gasteiger partial charge on any atom is 0.175 e. The molecule has 1 aliphatic rings. The van der Waals surface area contributed by atoms with Gasteiger partial charge < -0.3 is 9.64 Å². The van der Waals surface area contributed by atoms with Crippen LogP contribution in [-0.2, 0) is 9.84 Å². The molecule has 6 nitrogen and oxygen atoms in total. The van der Waals surface area contributed by atoms with Crippen molar-refractivity contribution in [3.8, 4) is 5.75 Å². The molecule has 28 heavy (non-hydrogen) atoms. The summed E-state index contributed by atoms with van der Waals surface area (Å²) in [6.45, 7) is 1.72. The van der Waals surface area contributed by atoms with Gasteiger partial charge in [-0.25, -0.2) is 18.4 Å². The second-order valence-corrected chi connectivity index (χ2v) is 9.20. The van der Waals surface area contributed by atoms with Crippen LogP contribution in [0.15, 0.2) is 53.7 Å². The second-order valence-electron chi connectivity index (χ2n) is 7.19. The zero-order valence-electron chi connectivity index (χ0n) is 16.0. The number of nitrogens with zero attached hydrogens (tertiary/aromatic N) is 3. The number of hydrogen-bond donors (Lipinski definition) is 0. The number of benzene rings is 2. The van der Waals surface area contributed by atoms with Crippen molar-refractivity contribution in [1.29, 1.82) is 0 Å². The predicted molar refractivity (Wildman–Crippen MR) is 110 cm³/mol. The van der Waals surface area contributed by atoms with Crippen molar-refractivity contribution in [3.05, 3.63) is 54.4 Å². The highest BCUT2D eigenvalue weighted by Gasteiger charge is 2.23. The Kier molecular flexibility index (Phi) is 4.93. The molecule has 0 aliphatic carbocycles. The summed E-state index contributed by atoms with van der Waals surface area (Å²) >= 11 is 0. The van der Waals surface area contributed by atoms with E-state index in [0.717, 1.165) is 48.4 Å². The van der Waals surface area contributed by atoms with E-state index in [1.807, 2.05) is 12.1 Å². The van der Waals surface area contributed by atoms with Crippen molar-refractivity contribution in [2.75, 3.05) is 31.4 Å². The molecule has 1 aliphatic heterocycles. The van der Waals surface area contributed by atoms with E-state index in [4.69, 9.17) is 4.74 Å². The van der Waals surface area contributed by atoms with Gasteiger partial charge >= 0.3 is 0 Å². The largest absolute Gasteiger partial charge is 0.497 e. The predicted octanol–water partition coefficient (Wildman–Crippen LogP) is 3.43. The van der Waals surface area contributed by atoms with Gasteiger partial charge in [0.25, 0.3) is 0 Å². The summed E-state index contributed by atoms with van der Waals surface area (Å²) in [6.07, 6.45) is 4.78. The fourth-order valence-electron chi connectivity index (χ4n) is 3.82. The zero-order chi connectivity index (χ0) is 19.7. The molecule has 4 rings (SSSR count). The van der Waals surface area contributed by atoms with Crippen LogP contribution in [0.3, 0.4) is 0 Å². The maximum absolute atomic E-state index is 12.0. The molecule has 0 N–H and O–H groups in total. The topological polar surface area (TPSA) is 72.4 Å². The van der Waals surface area contributed by atoms with Crippen molar-refractivity contribution in [2.24, 2.45) is 0 Å². The smallest absolute Gasteiger partial charge is 0.175 e. The minimum absolute atomic E-state index is 0.294. The average Bonchev–Trinajstić information content (AvgIpc) is 2.72. The van der Waals surface area contributed by atoms with Crippen LogP contribution in [0.1, 0.15) is 24.3 Å². The van der Waals surface area contributed by atoms with Crippen LogP contribution in [0.4, 0.5) is 5.82 Å². The highest BCUT2D eigenvalue weighted by molar-refractivity contribution is 7.90. The number of fused-ring (bicyclic) bond motifs is 1. The fourth-order valence-corrected chi connectivity index (χ4v) is 4.47. The van der Waals surface area contributed by atoms with Crippen LogP contribution in [0, 0.1) is 0 Å². The van der Waals surface area contributed by atoms with E-state index in [1.54, 1.807) is 31.6 Å². The number of sulfone groups is 1. The lowest BCUT2D eigenvalue weighted by Crippen LogP contribution is -2.33. The molecule has 1 saturated heterocycles. The van der Waals surface area contributed by atoms with E-state index < -0.39 is 9.84 Å². The number of anilines is 1. The van der Waals surface area contributed by atoms with E-state index in [1.165, 1.54) is 11.8 Å². The van der Waals surface area contributed by atoms with Crippen LogP contribution in [0.2, 0.25) is 0 Å². The summed E-state index contributed by atoms with van der Waals surface area (Å²) in [5, 5.41) is 0.783. The van der Waals surface area contributed by atoms with E-state index in [0.29, 0.717) is 10.8 Å². The van der Waals surface area contributed by atoms with Gasteiger partial charge in [-0.2, -0.15) is 0 Å². The standard InChI is InChI=1S/C21H23N3O3S/c1-27-17-5-3-4-16(12-17)15-8-10-24(11-9-15)21-19-13-18(28(2,25)26)6-7-20(19)22-14-23-21/h3-7,12-15H,8-11H2,1-2H3. The summed E-state index contributed by atoms with van der Waals surface area (Å²) in [7, 11) is -1.59. The summed E-state index contributed by atoms with van der Waals surface area (Å²) in [6, 6.07) is 13.3. The van der Waals surface area contributed by atoms with Crippen LogP contribution in [0.25, 0.3) is 10.9 Å². The van der Waals surface area contributed by atoms with E-state index in [9.17, 15) is 8.42 Å². The summed E-state index contributed by atoms with van der Waals surface area (Å²) in [5.41, 5.74) is 2.05. The van der Waals surface area contributed by atoms with Crippen molar-refractivity contribution in [1.82, 2.24) is 9.97 Å². The Balaban J connectivity index is 1.60. The highest BCUT2D eigenvalue weighted by Crippen LogP contribution is 2.33. The third-order valence-electron chi connectivity index (χ3n) is 5.37. The van der Waals surface area contributed by atoms with Gasteiger partial charge in [0.2, 0.25) is 0 Å². The molecular formula is C21H23N3O3S. The van der Waals surface area contributed by atoms with E-state index >= 15 is 0 Å². The summed E-state index contributed by atoms with van der Waals surface area (Å²) in [4.78, 5) is 11.3. The molecule has 7 heteroatoms. The minimum Gasteiger partial charge on any atom is -0.497 e. The van der Waals surface area contributed by atoms with Crippen molar-refractivity contribution in [2.45, 2.75) is 23.7 Å². The molecule has 0 spiro atoms. The van der Waals surface area contributed by atoms with Gasteiger partial charge in [-0.3, -0.25) is 0 Å². The summed E-state index contributed by atoms with van der Waals surface area (Å²) in [5.74, 6) is 2.17. The van der Waals surface area contributed by atoms with Crippen molar-refractivity contribution >= 4 is 26.6 Å². The third-order valence-corrected chi connectivity index (χ3v) is 6.48. The third kappa shape index (κ3) is 3.67. The van der Waals surface area contributed by atoms with Gasteiger partial charge in [-0.15, -0.1) is 0 Å². The number of piperidine rings is 1. The van der Waals surface area contributed by atoms with Gasteiger partial charge in [-0.1, -0.05) is 12.1 Å². The Morgan fingerprint density at radius 1 is 1.07 bits per heavy atom. The Hall–Kier alpha value is -2.67. The van der Waals surface area contributed by atoms with Gasteiger partial charge in [0.15, 0.2) is 9.84 Å². The molecule has 3 aromatic rings. The Morgan fingerprint density at radius 3 is 2.57 bits per heavy atom. The monoisotopic (exact) mass is 397 g/mol. The van der Waals surface area contributed by atoms with E-state index in [-0.39, 0.29) is 0 Å². The molecular weight excluding hydrogens is 374 g/mol. The maximum atomic E-state index is 12.0. The molecule has 0 bridgehead atoms. The van der Waals surface area contributed by atoms with Crippen LogP contribution in [0.5, 0.6) is 5.75 Å². The number of aromatic nitrogens is 2. The second kappa shape index (κ2) is 7.39. The molecule has 1 aromatic heterocycles. The fraction of sp³-hybridized carbons (Fsp3) is 0.333. The molecule has 2 aromatic carbocycles. The number of methoxy groups -OCH3 is 1. The Labute approximate surface area is 165 Å². The SMILES string of the molecule is COc1cccc(C2CCN(c3ncnc4ccc(S(C)(=O)=O)cc34)CC2)c1. The van der Waals surface area contributed by atoms with Crippen molar-refractivity contribution in [3.63, 3.8) is 0 Å². The van der Waals surface area contributed by atoms with Crippen LogP contribution < -0.4 is 9.64 Å². The Bertz CT molecular complexity index is 1110. The quantitative estimate of drug-likeness (QED) is 0.672. The molecule has 0 unspecified atom stereocenters. The molecule has 0 radical (unpaired) electrons. The van der Waals surface area contributed by atoms with Crippen molar-refractivity contribution < 1.29 is 13.2 Å². The Morgan fingerprint density at radius 2 is 1.86 bits per heavy atom. The van der Waals surface area contributed by atoms with Gasteiger partial charge in [-0.05, 0) is 54.7 Å². The molecule has 0 saturated carbocycles. The minimum atomic E-state index is -3.28. The lowest BCUT2D eigenvalue weighted by molar-refractivity contribution is 0.412. The average molecular weight is 398 g/mol. The molecule has 0 amide bonds. The zero-order valence-corrected chi connectivity index (χ0v) is 16.8. The molecule has 2 heterocycles. The van der Waals surface area contributed by atoms with Gasteiger partial charge in [0, 0.05) is 24.7 Å². The molecule has 146 valence electrons. The lowest BCUT2D eigenvalue weighted by Gasteiger charge is -2.33. The van der Waals surface area contributed by atoms with Crippen LogP contribution in [-0.4, -0.2) is 44.8 Å². The van der Waals surface area contributed by atoms with E-state index in [2.05, 4.69) is 27.0 Å². The highest BCUT2D eigenvalue weighted by atomic mass is 32.2. The lowest BCUT2D eigenvalue weighted by atomic mass is 9.89. The van der Waals surface area contributed by atoms with Crippen LogP contribution >= 0.6 is 0 Å². The number of ether oxygens (including phenoxy) is 1. The summed E-state index contributed by atoms with van der Waals surface area (Å²) < 4.78 is 29.2. The first-order valence-corrected chi connectivity index (χ1v) is 11.2. The van der Waals surface area contributed by atoms with Gasteiger partial charge in [0.1, 0.15) is 17.9 Å². The first-order valence-electron chi connectivity index (χ1n) is 9.29. The molecule has 0 atom stereocenters. The van der Waals surface area contributed by atoms with Gasteiger partial charge in [0.05, 0.1) is 17.5 Å². The normalized spacial score (nSPS) is 15.7. The first kappa shape index (κ1) is 18.7. The number of rotatable bonds is 4.